The lowest BCUT2D eigenvalue weighted by Crippen LogP contribution is -2.42. The third kappa shape index (κ3) is 3.96. The van der Waals surface area contributed by atoms with Gasteiger partial charge in [0, 0.05) is 29.3 Å². The highest BCUT2D eigenvalue weighted by Crippen LogP contribution is 2.31. The zero-order valence-electron chi connectivity index (χ0n) is 12.7. The van der Waals surface area contributed by atoms with Crippen LogP contribution in [-0.4, -0.2) is 32.3 Å². The Morgan fingerprint density at radius 1 is 1.50 bits per heavy atom. The Morgan fingerprint density at radius 3 is 3.00 bits per heavy atom. The fourth-order valence-corrected chi connectivity index (χ4v) is 3.01. The molecule has 112 valence electrons. The molecule has 1 aromatic carbocycles. The van der Waals surface area contributed by atoms with Gasteiger partial charge in [0.15, 0.2) is 0 Å². The van der Waals surface area contributed by atoms with Crippen LogP contribution in [0.4, 0.5) is 5.69 Å². The number of benzene rings is 1. The van der Waals surface area contributed by atoms with Crippen LogP contribution in [0.5, 0.6) is 0 Å². The third-order valence-electron chi connectivity index (χ3n) is 3.74. The molecule has 1 aromatic rings. The maximum Gasteiger partial charge on any atom is 0.0722 e. The molecule has 0 amide bonds. The van der Waals surface area contributed by atoms with Gasteiger partial charge < -0.3 is 15.0 Å². The SMILES string of the molecule is CCCNC(C)c1ccc(Br)cc1N1CCOC(C)C1. The van der Waals surface area contributed by atoms with Crippen molar-refractivity contribution in [2.45, 2.75) is 39.3 Å². The fourth-order valence-electron chi connectivity index (χ4n) is 2.66. The second kappa shape index (κ2) is 7.43. The molecule has 0 radical (unpaired) electrons. The van der Waals surface area contributed by atoms with Gasteiger partial charge in [0.05, 0.1) is 12.7 Å². The molecular weight excluding hydrogens is 316 g/mol. The maximum atomic E-state index is 5.66. The number of hydrogen-bond donors (Lipinski definition) is 1. The van der Waals surface area contributed by atoms with Crippen molar-refractivity contribution < 1.29 is 4.74 Å². The van der Waals surface area contributed by atoms with Crippen LogP contribution in [0, 0.1) is 0 Å². The minimum Gasteiger partial charge on any atom is -0.375 e. The van der Waals surface area contributed by atoms with E-state index in [0.29, 0.717) is 12.1 Å². The van der Waals surface area contributed by atoms with Gasteiger partial charge in [0.25, 0.3) is 0 Å². The lowest BCUT2D eigenvalue weighted by molar-refractivity contribution is 0.0531. The first-order valence-corrected chi connectivity index (χ1v) is 8.30. The first-order valence-electron chi connectivity index (χ1n) is 7.51. The summed E-state index contributed by atoms with van der Waals surface area (Å²) in [6.07, 6.45) is 1.46. The molecule has 1 aliphatic rings. The van der Waals surface area contributed by atoms with Gasteiger partial charge in [-0.3, -0.25) is 0 Å². The van der Waals surface area contributed by atoms with E-state index in [9.17, 15) is 0 Å². The monoisotopic (exact) mass is 340 g/mol. The van der Waals surface area contributed by atoms with Crippen LogP contribution in [0.1, 0.15) is 38.8 Å². The molecule has 1 N–H and O–H groups in total. The van der Waals surface area contributed by atoms with Crippen molar-refractivity contribution >= 4 is 21.6 Å². The number of anilines is 1. The topological polar surface area (TPSA) is 24.5 Å². The van der Waals surface area contributed by atoms with Crippen molar-refractivity contribution in [3.05, 3.63) is 28.2 Å². The Balaban J connectivity index is 2.23. The van der Waals surface area contributed by atoms with Crippen LogP contribution in [-0.2, 0) is 4.74 Å². The van der Waals surface area contributed by atoms with E-state index in [1.807, 2.05) is 0 Å². The quantitative estimate of drug-likeness (QED) is 0.883. The Labute approximate surface area is 130 Å². The number of halogens is 1. The van der Waals surface area contributed by atoms with Crippen LogP contribution in [0.2, 0.25) is 0 Å². The Kier molecular flexibility index (Phi) is 5.87. The summed E-state index contributed by atoms with van der Waals surface area (Å²) < 4.78 is 6.79. The molecule has 0 aromatic heterocycles. The third-order valence-corrected chi connectivity index (χ3v) is 4.23. The predicted octanol–water partition coefficient (Wildman–Crippen LogP) is 3.73. The summed E-state index contributed by atoms with van der Waals surface area (Å²) in [5.41, 5.74) is 2.70. The number of ether oxygens (including phenoxy) is 1. The molecule has 0 aliphatic carbocycles. The molecule has 2 rings (SSSR count). The van der Waals surface area contributed by atoms with Crippen molar-refractivity contribution in [3.63, 3.8) is 0 Å². The largest absolute Gasteiger partial charge is 0.375 e. The molecule has 1 aliphatic heterocycles. The fraction of sp³-hybridized carbons (Fsp3) is 0.625. The molecule has 1 saturated heterocycles. The first kappa shape index (κ1) is 15.8. The van der Waals surface area contributed by atoms with E-state index in [0.717, 1.165) is 37.1 Å². The highest BCUT2D eigenvalue weighted by molar-refractivity contribution is 9.10. The summed E-state index contributed by atoms with van der Waals surface area (Å²) in [4.78, 5) is 2.44. The molecule has 2 unspecified atom stereocenters. The van der Waals surface area contributed by atoms with E-state index < -0.39 is 0 Å². The summed E-state index contributed by atoms with van der Waals surface area (Å²) in [7, 11) is 0. The molecule has 0 spiro atoms. The predicted molar refractivity (Wildman–Crippen MR) is 88.5 cm³/mol. The number of nitrogens with one attached hydrogen (secondary N) is 1. The molecule has 20 heavy (non-hydrogen) atoms. The second-order valence-corrected chi connectivity index (χ2v) is 6.42. The van der Waals surface area contributed by atoms with Crippen LogP contribution >= 0.6 is 15.9 Å². The average molecular weight is 341 g/mol. The van der Waals surface area contributed by atoms with Crippen LogP contribution < -0.4 is 10.2 Å². The Hall–Kier alpha value is -0.580. The maximum absolute atomic E-state index is 5.66. The summed E-state index contributed by atoms with van der Waals surface area (Å²) in [5.74, 6) is 0. The van der Waals surface area contributed by atoms with Crippen molar-refractivity contribution in [1.29, 1.82) is 0 Å². The molecule has 0 bridgehead atoms. The lowest BCUT2D eigenvalue weighted by atomic mass is 10.0. The molecule has 2 atom stereocenters. The lowest BCUT2D eigenvalue weighted by Gasteiger charge is -2.35. The molecule has 1 heterocycles. The van der Waals surface area contributed by atoms with Crippen molar-refractivity contribution in [1.82, 2.24) is 5.32 Å². The first-order chi connectivity index (χ1) is 9.61. The van der Waals surface area contributed by atoms with E-state index in [4.69, 9.17) is 4.74 Å². The van der Waals surface area contributed by atoms with E-state index in [1.165, 1.54) is 11.3 Å². The van der Waals surface area contributed by atoms with Gasteiger partial charge in [0.2, 0.25) is 0 Å². The van der Waals surface area contributed by atoms with E-state index in [1.54, 1.807) is 0 Å². The molecule has 1 fully saturated rings. The Morgan fingerprint density at radius 2 is 2.30 bits per heavy atom. The van der Waals surface area contributed by atoms with Gasteiger partial charge in [-0.2, -0.15) is 0 Å². The molecular formula is C16H25BrN2O. The summed E-state index contributed by atoms with van der Waals surface area (Å²) >= 11 is 3.60. The van der Waals surface area contributed by atoms with Crippen molar-refractivity contribution in [3.8, 4) is 0 Å². The van der Waals surface area contributed by atoms with E-state index in [2.05, 4.69) is 65.1 Å². The van der Waals surface area contributed by atoms with Crippen molar-refractivity contribution in [2.75, 3.05) is 31.1 Å². The van der Waals surface area contributed by atoms with Gasteiger partial charge in [-0.25, -0.2) is 0 Å². The zero-order valence-corrected chi connectivity index (χ0v) is 14.2. The standard InChI is InChI=1S/C16H25BrN2O/c1-4-7-18-13(3)15-6-5-14(17)10-16(15)19-8-9-20-12(2)11-19/h5-6,10,12-13,18H,4,7-9,11H2,1-3H3. The number of morpholine rings is 1. The average Bonchev–Trinajstić information content (AvgIpc) is 2.44. The smallest absolute Gasteiger partial charge is 0.0722 e. The minimum atomic E-state index is 0.300. The van der Waals surface area contributed by atoms with E-state index >= 15 is 0 Å². The highest BCUT2D eigenvalue weighted by Gasteiger charge is 2.21. The summed E-state index contributed by atoms with van der Waals surface area (Å²) in [5, 5.41) is 3.59. The van der Waals surface area contributed by atoms with Crippen LogP contribution in [0.25, 0.3) is 0 Å². The van der Waals surface area contributed by atoms with Gasteiger partial charge in [-0.15, -0.1) is 0 Å². The zero-order chi connectivity index (χ0) is 14.5. The van der Waals surface area contributed by atoms with Gasteiger partial charge >= 0.3 is 0 Å². The van der Waals surface area contributed by atoms with Crippen LogP contribution in [0.15, 0.2) is 22.7 Å². The van der Waals surface area contributed by atoms with Gasteiger partial charge in [-0.1, -0.05) is 28.9 Å². The van der Waals surface area contributed by atoms with Crippen LogP contribution in [0.3, 0.4) is 0 Å². The van der Waals surface area contributed by atoms with E-state index in [-0.39, 0.29) is 0 Å². The number of hydrogen-bond acceptors (Lipinski definition) is 3. The van der Waals surface area contributed by atoms with Gasteiger partial charge in [-0.05, 0) is 44.5 Å². The molecule has 4 heteroatoms. The second-order valence-electron chi connectivity index (χ2n) is 5.51. The molecule has 3 nitrogen and oxygen atoms in total. The summed E-state index contributed by atoms with van der Waals surface area (Å²) in [6, 6.07) is 6.97. The molecule has 0 saturated carbocycles. The highest BCUT2D eigenvalue weighted by atomic mass is 79.9. The normalized spacial score (nSPS) is 21.0. The minimum absolute atomic E-state index is 0.300. The Bertz CT molecular complexity index is 438. The van der Waals surface area contributed by atoms with Crippen molar-refractivity contribution in [2.24, 2.45) is 0 Å². The van der Waals surface area contributed by atoms with Gasteiger partial charge in [0.1, 0.15) is 0 Å². The number of rotatable bonds is 5. The summed E-state index contributed by atoms with van der Waals surface area (Å²) in [6.45, 7) is 10.4. The number of nitrogens with zero attached hydrogens (tertiary/aromatic N) is 1.